The van der Waals surface area contributed by atoms with Crippen LogP contribution in [0.5, 0.6) is 0 Å². The van der Waals surface area contributed by atoms with Crippen molar-refractivity contribution < 1.29 is 0 Å². The average molecular weight is 550 g/mol. The second kappa shape index (κ2) is 20.2. The summed E-state index contributed by atoms with van der Waals surface area (Å²) in [4.78, 5) is 4.56. The molecule has 1 nitrogen and oxygen atoms in total. The van der Waals surface area contributed by atoms with Crippen molar-refractivity contribution in [2.45, 2.75) is 81.1 Å². The summed E-state index contributed by atoms with van der Waals surface area (Å²) < 4.78 is 0. The predicted octanol–water partition coefficient (Wildman–Crippen LogP) is 12.4. The smallest absolute Gasteiger partial charge is 0.0704 e. The van der Waals surface area contributed by atoms with Crippen molar-refractivity contribution in [2.24, 2.45) is 5.92 Å². The largest absolute Gasteiger partial charge is 0.256 e. The number of aryl methyl sites for hydroxylation is 1. The van der Waals surface area contributed by atoms with Crippen LogP contribution in [0.1, 0.15) is 85.4 Å². The van der Waals surface area contributed by atoms with Gasteiger partial charge in [-0.1, -0.05) is 159 Å². The number of hydrogen-bond donors (Lipinski definition) is 0. The van der Waals surface area contributed by atoms with E-state index in [0.29, 0.717) is 5.92 Å². The molecule has 0 aliphatic heterocycles. The Labute approximate surface area is 253 Å². The molecule has 1 heterocycles. The minimum Gasteiger partial charge on any atom is -0.256 e. The van der Waals surface area contributed by atoms with Gasteiger partial charge in [0.25, 0.3) is 0 Å². The van der Waals surface area contributed by atoms with E-state index < -0.39 is 0 Å². The maximum absolute atomic E-state index is 4.56. The first-order chi connectivity index (χ1) is 19.5. The first kappa shape index (κ1) is 37.3. The van der Waals surface area contributed by atoms with Gasteiger partial charge in [-0.3, -0.25) is 4.98 Å². The molecular weight excluding hydrogens is 494 g/mol. The standard InChI is InChI=1S/C25H29N.C10H12.C3H8.C2H6/c1-7-8-13-19(2)20(3)18-21(4)25(5,6)23-15-10-9-14-22(23)24-16-11-12-17-26-24;1-8(2)10-7-5-4-6-9(10)3;1-3-2;1-2/h7-18,21H,1-2H2,3-6H3;4-7H,1H2,2-3H3;3H2,1-2H3;1-2H3/b13-8-,20-18+;;;. The summed E-state index contributed by atoms with van der Waals surface area (Å²) in [5, 5.41) is 0. The highest BCUT2D eigenvalue weighted by atomic mass is 14.7. The molecule has 3 aromatic rings. The number of allylic oxidation sites excluding steroid dienone is 7. The van der Waals surface area contributed by atoms with Crippen LogP contribution in [0.4, 0.5) is 0 Å². The van der Waals surface area contributed by atoms with Crippen molar-refractivity contribution in [1.82, 2.24) is 4.98 Å². The monoisotopic (exact) mass is 549 g/mol. The van der Waals surface area contributed by atoms with Crippen molar-refractivity contribution in [3.8, 4) is 11.3 Å². The summed E-state index contributed by atoms with van der Waals surface area (Å²) in [5.41, 5.74) is 9.39. The fraction of sp³-hybridized carbons (Fsp3) is 0.325. The highest BCUT2D eigenvalue weighted by Crippen LogP contribution is 2.38. The summed E-state index contributed by atoms with van der Waals surface area (Å²) in [6, 6.07) is 22.9. The quantitative estimate of drug-likeness (QED) is 0.255. The second-order valence-electron chi connectivity index (χ2n) is 10.5. The van der Waals surface area contributed by atoms with E-state index in [4.69, 9.17) is 0 Å². The van der Waals surface area contributed by atoms with Gasteiger partial charge in [0.15, 0.2) is 0 Å². The lowest BCUT2D eigenvalue weighted by Gasteiger charge is -2.33. The lowest BCUT2D eigenvalue weighted by Crippen LogP contribution is -2.26. The van der Waals surface area contributed by atoms with Gasteiger partial charge < -0.3 is 0 Å². The van der Waals surface area contributed by atoms with Crippen LogP contribution in [0.2, 0.25) is 0 Å². The molecule has 1 heteroatoms. The SMILES string of the molecule is C=C(C)c1ccccc1C.C=C/C=C\C(=C)/C(C)=C/C(C)C(C)(C)c1ccccc1-c1ccccn1.CC.CCC. The van der Waals surface area contributed by atoms with Gasteiger partial charge in [-0.05, 0) is 72.1 Å². The molecule has 0 spiro atoms. The van der Waals surface area contributed by atoms with Crippen LogP contribution in [0, 0.1) is 12.8 Å². The van der Waals surface area contributed by atoms with Crippen LogP contribution in [0.25, 0.3) is 16.8 Å². The topological polar surface area (TPSA) is 12.9 Å². The van der Waals surface area contributed by atoms with Gasteiger partial charge in [-0.2, -0.15) is 0 Å². The highest BCUT2D eigenvalue weighted by molar-refractivity contribution is 5.65. The molecule has 1 unspecified atom stereocenters. The predicted molar refractivity (Wildman–Crippen MR) is 187 cm³/mol. The molecule has 0 amide bonds. The van der Waals surface area contributed by atoms with Crippen LogP contribution in [-0.4, -0.2) is 4.98 Å². The molecule has 0 radical (unpaired) electrons. The minimum absolute atomic E-state index is 0.0438. The van der Waals surface area contributed by atoms with Crippen molar-refractivity contribution >= 4 is 5.57 Å². The number of benzene rings is 2. The maximum Gasteiger partial charge on any atom is 0.0704 e. The molecule has 0 aliphatic rings. The van der Waals surface area contributed by atoms with Crippen LogP contribution in [-0.2, 0) is 5.41 Å². The Morgan fingerprint density at radius 3 is 1.98 bits per heavy atom. The van der Waals surface area contributed by atoms with Gasteiger partial charge in [-0.15, -0.1) is 0 Å². The third-order valence-corrected chi connectivity index (χ3v) is 6.75. The molecule has 0 fully saturated rings. The first-order valence-electron chi connectivity index (χ1n) is 14.9. The first-order valence-corrected chi connectivity index (χ1v) is 14.9. The van der Waals surface area contributed by atoms with Gasteiger partial charge >= 0.3 is 0 Å². The molecule has 0 N–H and O–H groups in total. The van der Waals surface area contributed by atoms with E-state index in [1.807, 2.05) is 63.4 Å². The van der Waals surface area contributed by atoms with Gasteiger partial charge in [0.05, 0.1) is 5.69 Å². The van der Waals surface area contributed by atoms with E-state index >= 15 is 0 Å². The summed E-state index contributed by atoms with van der Waals surface area (Å²) in [6.45, 7) is 33.1. The number of pyridine rings is 1. The lowest BCUT2D eigenvalue weighted by molar-refractivity contribution is 0.409. The number of hydrogen-bond acceptors (Lipinski definition) is 1. The zero-order chi connectivity index (χ0) is 31.4. The normalized spacial score (nSPS) is 11.5. The molecule has 0 bridgehead atoms. The van der Waals surface area contributed by atoms with Gasteiger partial charge in [0.2, 0.25) is 0 Å². The molecule has 0 aliphatic carbocycles. The van der Waals surface area contributed by atoms with Gasteiger partial charge in [0.1, 0.15) is 0 Å². The number of nitrogens with zero attached hydrogens (tertiary/aromatic N) is 1. The van der Waals surface area contributed by atoms with Crippen molar-refractivity contribution in [3.63, 3.8) is 0 Å². The minimum atomic E-state index is -0.0438. The zero-order valence-corrected chi connectivity index (χ0v) is 27.6. The molecule has 1 aromatic heterocycles. The molecule has 220 valence electrons. The second-order valence-corrected chi connectivity index (χ2v) is 10.5. The Morgan fingerprint density at radius 2 is 1.46 bits per heavy atom. The molecular formula is C40H55N. The van der Waals surface area contributed by atoms with Crippen molar-refractivity contribution in [2.75, 3.05) is 0 Å². The number of rotatable bonds is 8. The third-order valence-electron chi connectivity index (χ3n) is 6.75. The fourth-order valence-electron chi connectivity index (χ4n) is 4.09. The molecule has 3 rings (SSSR count). The Balaban J connectivity index is 0.000000880. The van der Waals surface area contributed by atoms with Crippen LogP contribution >= 0.6 is 0 Å². The van der Waals surface area contributed by atoms with E-state index in [1.165, 1.54) is 34.2 Å². The molecule has 41 heavy (non-hydrogen) atoms. The van der Waals surface area contributed by atoms with Crippen molar-refractivity contribution in [1.29, 1.82) is 0 Å². The van der Waals surface area contributed by atoms with Gasteiger partial charge in [-0.25, -0.2) is 0 Å². The number of aromatic nitrogens is 1. The van der Waals surface area contributed by atoms with Crippen LogP contribution < -0.4 is 0 Å². The van der Waals surface area contributed by atoms with E-state index in [9.17, 15) is 0 Å². The summed E-state index contributed by atoms with van der Waals surface area (Å²) >= 11 is 0. The van der Waals surface area contributed by atoms with Crippen LogP contribution in [0.3, 0.4) is 0 Å². The van der Waals surface area contributed by atoms with E-state index in [1.54, 1.807) is 6.08 Å². The van der Waals surface area contributed by atoms with Crippen molar-refractivity contribution in [3.05, 3.63) is 145 Å². The average Bonchev–Trinajstić information content (AvgIpc) is 2.98. The summed E-state index contributed by atoms with van der Waals surface area (Å²) in [6.07, 6.45) is 11.1. The Hall–Kier alpha value is -3.71. The van der Waals surface area contributed by atoms with E-state index in [0.717, 1.165) is 16.8 Å². The lowest BCUT2D eigenvalue weighted by atomic mass is 9.71. The maximum atomic E-state index is 4.56. The van der Waals surface area contributed by atoms with Crippen LogP contribution in [0.15, 0.2) is 128 Å². The Bertz CT molecular complexity index is 1250. The van der Waals surface area contributed by atoms with E-state index in [-0.39, 0.29) is 5.41 Å². The Morgan fingerprint density at radius 1 is 0.902 bits per heavy atom. The third kappa shape index (κ3) is 12.6. The highest BCUT2D eigenvalue weighted by Gasteiger charge is 2.29. The molecule has 2 aromatic carbocycles. The molecule has 0 saturated heterocycles. The summed E-state index contributed by atoms with van der Waals surface area (Å²) in [7, 11) is 0. The zero-order valence-electron chi connectivity index (χ0n) is 27.6. The van der Waals surface area contributed by atoms with E-state index in [2.05, 4.69) is 122 Å². The molecule has 0 saturated carbocycles. The summed E-state index contributed by atoms with van der Waals surface area (Å²) in [5.74, 6) is 0.334. The molecule has 1 atom stereocenters. The Kier molecular flexibility index (Phi) is 18.4. The fourth-order valence-corrected chi connectivity index (χ4v) is 4.09. The van der Waals surface area contributed by atoms with Gasteiger partial charge in [0, 0.05) is 11.8 Å².